The van der Waals surface area contributed by atoms with E-state index in [-0.39, 0.29) is 0 Å². The summed E-state index contributed by atoms with van der Waals surface area (Å²) >= 11 is 2.06. The molecule has 1 fully saturated rings. The van der Waals surface area contributed by atoms with Crippen molar-refractivity contribution in [2.24, 2.45) is 5.92 Å². The van der Waals surface area contributed by atoms with E-state index in [0.717, 1.165) is 32.1 Å². The van der Waals surface area contributed by atoms with Gasteiger partial charge in [-0.15, -0.1) is 0 Å². The SMILES string of the molecule is CCCCC(=O)C1CCSC(C)(CC)C1. The lowest BCUT2D eigenvalue weighted by molar-refractivity contribution is -0.123. The molecule has 1 saturated heterocycles. The predicted molar refractivity (Wildman–Crippen MR) is 68.4 cm³/mol. The number of ketones is 1. The van der Waals surface area contributed by atoms with Crippen LogP contribution in [0.15, 0.2) is 0 Å². The van der Waals surface area contributed by atoms with Crippen molar-refractivity contribution < 1.29 is 4.79 Å². The van der Waals surface area contributed by atoms with Gasteiger partial charge in [0.1, 0.15) is 5.78 Å². The quantitative estimate of drug-likeness (QED) is 0.706. The number of rotatable bonds is 5. The van der Waals surface area contributed by atoms with Crippen LogP contribution in [0.4, 0.5) is 0 Å². The molecule has 0 spiro atoms. The Morgan fingerprint density at radius 2 is 2.20 bits per heavy atom. The summed E-state index contributed by atoms with van der Waals surface area (Å²) in [6, 6.07) is 0. The van der Waals surface area contributed by atoms with Crippen molar-refractivity contribution >= 4 is 17.5 Å². The second kappa shape index (κ2) is 5.93. The van der Waals surface area contributed by atoms with Crippen LogP contribution in [0, 0.1) is 5.92 Å². The zero-order valence-electron chi connectivity index (χ0n) is 10.3. The summed E-state index contributed by atoms with van der Waals surface area (Å²) in [6.07, 6.45) is 6.43. The van der Waals surface area contributed by atoms with Crippen LogP contribution < -0.4 is 0 Å². The van der Waals surface area contributed by atoms with Crippen molar-refractivity contribution in [3.8, 4) is 0 Å². The van der Waals surface area contributed by atoms with E-state index < -0.39 is 0 Å². The van der Waals surface area contributed by atoms with E-state index in [1.807, 2.05) is 0 Å². The molecule has 15 heavy (non-hydrogen) atoms. The zero-order valence-corrected chi connectivity index (χ0v) is 11.2. The fourth-order valence-electron chi connectivity index (χ4n) is 2.21. The molecular weight excluding hydrogens is 204 g/mol. The predicted octanol–water partition coefficient (Wildman–Crippen LogP) is 4.06. The number of unbranched alkanes of at least 4 members (excludes halogenated alkanes) is 1. The van der Waals surface area contributed by atoms with Crippen LogP contribution >= 0.6 is 11.8 Å². The molecule has 1 heterocycles. The molecule has 0 aromatic heterocycles. The molecule has 0 radical (unpaired) electrons. The fraction of sp³-hybridized carbons (Fsp3) is 0.923. The molecule has 1 rings (SSSR count). The van der Waals surface area contributed by atoms with Crippen molar-refractivity contribution in [3.63, 3.8) is 0 Å². The van der Waals surface area contributed by atoms with E-state index in [9.17, 15) is 4.79 Å². The average molecular weight is 228 g/mol. The summed E-state index contributed by atoms with van der Waals surface area (Å²) in [7, 11) is 0. The molecule has 2 unspecified atom stereocenters. The standard InChI is InChI=1S/C13H24OS/c1-4-6-7-12(14)11-8-9-15-13(3,5-2)10-11/h11H,4-10H2,1-3H3. The Bertz CT molecular complexity index is 215. The highest BCUT2D eigenvalue weighted by molar-refractivity contribution is 8.00. The Hall–Kier alpha value is 0.0200. The van der Waals surface area contributed by atoms with Gasteiger partial charge in [0.05, 0.1) is 0 Å². The summed E-state index contributed by atoms with van der Waals surface area (Å²) in [5.74, 6) is 2.06. The number of carbonyl (C=O) groups excluding carboxylic acids is 1. The maximum absolute atomic E-state index is 12.0. The van der Waals surface area contributed by atoms with Gasteiger partial charge in [0.25, 0.3) is 0 Å². The molecule has 1 aliphatic rings. The van der Waals surface area contributed by atoms with Gasteiger partial charge in [0.15, 0.2) is 0 Å². The van der Waals surface area contributed by atoms with E-state index in [2.05, 4.69) is 32.5 Å². The molecule has 88 valence electrons. The van der Waals surface area contributed by atoms with Crippen molar-refractivity contribution in [1.29, 1.82) is 0 Å². The average Bonchev–Trinajstić information content (AvgIpc) is 2.26. The third-order valence-corrected chi connectivity index (χ3v) is 5.17. The largest absolute Gasteiger partial charge is 0.299 e. The number of hydrogen-bond acceptors (Lipinski definition) is 2. The molecule has 2 atom stereocenters. The van der Waals surface area contributed by atoms with E-state index in [1.54, 1.807) is 0 Å². The second-order valence-corrected chi connectivity index (χ2v) is 6.59. The summed E-state index contributed by atoms with van der Waals surface area (Å²) in [6.45, 7) is 6.71. The Morgan fingerprint density at radius 3 is 2.80 bits per heavy atom. The number of hydrogen-bond donors (Lipinski definition) is 0. The van der Waals surface area contributed by atoms with Crippen LogP contribution in [-0.2, 0) is 4.79 Å². The van der Waals surface area contributed by atoms with Crippen molar-refractivity contribution in [2.45, 2.75) is 64.0 Å². The van der Waals surface area contributed by atoms with Crippen LogP contribution in [0.1, 0.15) is 59.3 Å². The second-order valence-electron chi connectivity index (χ2n) is 4.91. The molecule has 0 aromatic rings. The van der Waals surface area contributed by atoms with Crippen molar-refractivity contribution in [2.75, 3.05) is 5.75 Å². The van der Waals surface area contributed by atoms with Gasteiger partial charge in [-0.05, 0) is 31.4 Å². The Balaban J connectivity index is 2.45. The smallest absolute Gasteiger partial charge is 0.136 e. The van der Waals surface area contributed by atoms with E-state index in [0.29, 0.717) is 16.4 Å². The third kappa shape index (κ3) is 3.82. The van der Waals surface area contributed by atoms with Gasteiger partial charge >= 0.3 is 0 Å². The zero-order chi connectivity index (χ0) is 11.3. The van der Waals surface area contributed by atoms with E-state index >= 15 is 0 Å². The Kier molecular flexibility index (Phi) is 5.17. The minimum absolute atomic E-state index is 0.364. The van der Waals surface area contributed by atoms with E-state index in [1.165, 1.54) is 12.2 Å². The summed E-state index contributed by atoms with van der Waals surface area (Å²) < 4.78 is 0.366. The van der Waals surface area contributed by atoms with E-state index in [4.69, 9.17) is 0 Å². The molecular formula is C13H24OS. The van der Waals surface area contributed by atoms with Gasteiger partial charge < -0.3 is 0 Å². The lowest BCUT2D eigenvalue weighted by Gasteiger charge is -2.36. The minimum atomic E-state index is 0.364. The normalized spacial score (nSPS) is 31.5. The highest BCUT2D eigenvalue weighted by Crippen LogP contribution is 2.41. The molecule has 0 aromatic carbocycles. The van der Waals surface area contributed by atoms with Crippen LogP contribution in [0.3, 0.4) is 0 Å². The Morgan fingerprint density at radius 1 is 1.47 bits per heavy atom. The number of carbonyl (C=O) groups is 1. The summed E-state index contributed by atoms with van der Waals surface area (Å²) in [4.78, 5) is 12.0. The van der Waals surface area contributed by atoms with Gasteiger partial charge in [-0.2, -0.15) is 11.8 Å². The Labute approximate surface area is 98.4 Å². The maximum Gasteiger partial charge on any atom is 0.136 e. The molecule has 0 saturated carbocycles. The summed E-state index contributed by atoms with van der Waals surface area (Å²) in [5.41, 5.74) is 0. The summed E-state index contributed by atoms with van der Waals surface area (Å²) in [5, 5.41) is 0. The maximum atomic E-state index is 12.0. The molecule has 1 aliphatic heterocycles. The lowest BCUT2D eigenvalue weighted by Crippen LogP contribution is -2.32. The van der Waals surface area contributed by atoms with Crippen molar-refractivity contribution in [3.05, 3.63) is 0 Å². The van der Waals surface area contributed by atoms with Gasteiger partial charge in [0, 0.05) is 17.1 Å². The lowest BCUT2D eigenvalue weighted by atomic mass is 9.86. The first-order valence-electron chi connectivity index (χ1n) is 6.28. The molecule has 0 bridgehead atoms. The molecule has 0 amide bonds. The first-order chi connectivity index (χ1) is 7.11. The van der Waals surface area contributed by atoms with Crippen LogP contribution in [0.25, 0.3) is 0 Å². The molecule has 2 heteroatoms. The molecule has 0 N–H and O–H groups in total. The third-order valence-electron chi connectivity index (χ3n) is 3.57. The molecule has 0 aliphatic carbocycles. The number of thioether (sulfide) groups is 1. The van der Waals surface area contributed by atoms with Crippen LogP contribution in [0.5, 0.6) is 0 Å². The minimum Gasteiger partial charge on any atom is -0.299 e. The first kappa shape index (κ1) is 13.1. The van der Waals surface area contributed by atoms with Gasteiger partial charge in [-0.1, -0.05) is 27.2 Å². The highest BCUT2D eigenvalue weighted by Gasteiger charge is 2.34. The fourth-order valence-corrected chi connectivity index (χ4v) is 3.62. The van der Waals surface area contributed by atoms with Gasteiger partial charge in [-0.25, -0.2) is 0 Å². The molecule has 1 nitrogen and oxygen atoms in total. The first-order valence-corrected chi connectivity index (χ1v) is 7.26. The van der Waals surface area contributed by atoms with Gasteiger partial charge in [0.2, 0.25) is 0 Å². The number of Topliss-reactive ketones (excluding diaryl/α,β-unsaturated/α-hetero) is 1. The van der Waals surface area contributed by atoms with Gasteiger partial charge in [-0.3, -0.25) is 4.79 Å². The van der Waals surface area contributed by atoms with Crippen LogP contribution in [-0.4, -0.2) is 16.3 Å². The topological polar surface area (TPSA) is 17.1 Å². The highest BCUT2D eigenvalue weighted by atomic mass is 32.2. The van der Waals surface area contributed by atoms with Crippen molar-refractivity contribution in [1.82, 2.24) is 0 Å². The van der Waals surface area contributed by atoms with Crippen LogP contribution in [0.2, 0.25) is 0 Å². The monoisotopic (exact) mass is 228 g/mol.